The highest BCUT2D eigenvalue weighted by molar-refractivity contribution is 6.12. The number of aliphatic carboxylic acids is 1. The van der Waals surface area contributed by atoms with Crippen LogP contribution in [0.5, 0.6) is 5.75 Å². The van der Waals surface area contributed by atoms with Gasteiger partial charge in [-0.1, -0.05) is 12.5 Å². The zero-order valence-corrected chi connectivity index (χ0v) is 28.9. The zero-order chi connectivity index (χ0) is 37.7. The number of rotatable bonds is 18. The molecule has 1 aromatic rings. The Morgan fingerprint density at radius 3 is 2.29 bits per heavy atom. The van der Waals surface area contributed by atoms with Gasteiger partial charge in [-0.2, -0.15) is 0 Å². The van der Waals surface area contributed by atoms with Gasteiger partial charge in [0.15, 0.2) is 0 Å². The maximum absolute atomic E-state index is 12.8. The summed E-state index contributed by atoms with van der Waals surface area (Å²) in [6.45, 7) is 5.88. The Morgan fingerprint density at radius 2 is 1.63 bits per heavy atom. The van der Waals surface area contributed by atoms with Crippen LogP contribution in [0.15, 0.2) is 30.4 Å². The van der Waals surface area contributed by atoms with E-state index in [0.717, 1.165) is 4.90 Å². The number of carboxylic acid groups (broad SMARTS) is 1. The molecule has 6 N–H and O–H groups in total. The van der Waals surface area contributed by atoms with Gasteiger partial charge in [0.25, 0.3) is 11.8 Å². The molecule has 17 heteroatoms. The van der Waals surface area contributed by atoms with E-state index in [1.165, 1.54) is 24.3 Å². The topological polar surface area (TPSA) is 248 Å². The Hall–Kier alpha value is -4.58. The summed E-state index contributed by atoms with van der Waals surface area (Å²) in [6, 6.07) is 4.56. The quantitative estimate of drug-likeness (QED) is 0.0700. The fourth-order valence-corrected chi connectivity index (χ4v) is 5.12. The highest BCUT2D eigenvalue weighted by Crippen LogP contribution is 2.30. The number of nitrogens with one attached hydrogen (secondary N) is 2. The molecule has 0 unspecified atom stereocenters. The van der Waals surface area contributed by atoms with Crippen molar-refractivity contribution in [3.63, 3.8) is 0 Å². The fourth-order valence-electron chi connectivity index (χ4n) is 5.12. The van der Waals surface area contributed by atoms with Gasteiger partial charge in [-0.25, -0.2) is 4.79 Å². The lowest BCUT2D eigenvalue weighted by Gasteiger charge is -2.38. The number of aliphatic hydroxyl groups excluding tert-OH is 3. The number of unbranched alkanes of at least 4 members (excludes halogenated alkanes) is 2. The number of carboxylic acids is 1. The summed E-state index contributed by atoms with van der Waals surface area (Å²) in [5.41, 5.74) is -0.0799. The van der Waals surface area contributed by atoms with Gasteiger partial charge in [-0.3, -0.25) is 34.2 Å². The van der Waals surface area contributed by atoms with Gasteiger partial charge in [0, 0.05) is 38.1 Å². The maximum Gasteiger partial charge on any atom is 0.412 e. The van der Waals surface area contributed by atoms with E-state index in [-0.39, 0.29) is 68.6 Å². The summed E-state index contributed by atoms with van der Waals surface area (Å²) >= 11 is 0. The minimum Gasteiger partial charge on any atom is -0.489 e. The lowest BCUT2D eigenvalue weighted by atomic mass is 9.81. The van der Waals surface area contributed by atoms with E-state index in [1.807, 2.05) is 0 Å². The standard InChI is InChI=1S/C34H47N3O14/c1-34(2,3)32(46)50-19-20-8-9-22(36-33(47)51-24-18-21(31(44)45)28(41)30(43)29(24)42)23(17-20)49-16-15-48-14-12-35-25(38)7-5-4-6-13-37-26(39)10-11-27(37)40/h8-11,17,21,24,28-30,41-43H,4-7,12-16,18-19H2,1-3H3,(H,35,38)(H,36,47)(H,44,45)/t21-,24+,28+,29-,30-/m0/s1. The molecule has 0 bridgehead atoms. The average molecular weight is 722 g/mol. The molecular formula is C34H47N3O14. The molecule has 0 radical (unpaired) electrons. The monoisotopic (exact) mass is 721 g/mol. The largest absolute Gasteiger partial charge is 0.489 e. The van der Waals surface area contributed by atoms with Crippen molar-refractivity contribution in [2.24, 2.45) is 11.3 Å². The van der Waals surface area contributed by atoms with Crippen LogP contribution in [0, 0.1) is 11.3 Å². The molecule has 3 rings (SSSR count). The second kappa shape index (κ2) is 19.1. The third-order valence-corrected chi connectivity index (χ3v) is 8.06. The van der Waals surface area contributed by atoms with Gasteiger partial charge in [0.2, 0.25) is 5.91 Å². The van der Waals surface area contributed by atoms with E-state index in [9.17, 15) is 49.2 Å². The summed E-state index contributed by atoms with van der Waals surface area (Å²) in [5.74, 6) is -4.01. The summed E-state index contributed by atoms with van der Waals surface area (Å²) in [6.07, 6.45) is -3.68. The predicted molar refractivity (Wildman–Crippen MR) is 177 cm³/mol. The number of aliphatic hydroxyl groups is 3. The summed E-state index contributed by atoms with van der Waals surface area (Å²) < 4.78 is 21.9. The van der Waals surface area contributed by atoms with Crippen LogP contribution >= 0.6 is 0 Å². The van der Waals surface area contributed by atoms with Gasteiger partial charge in [-0.15, -0.1) is 0 Å². The van der Waals surface area contributed by atoms with Gasteiger partial charge in [0.05, 0.1) is 36.3 Å². The Balaban J connectivity index is 1.46. The third-order valence-electron chi connectivity index (χ3n) is 8.06. The Bertz CT molecular complexity index is 1420. The first-order valence-electron chi connectivity index (χ1n) is 16.6. The summed E-state index contributed by atoms with van der Waals surface area (Å²) in [5, 5.41) is 44.9. The van der Waals surface area contributed by atoms with Crippen molar-refractivity contribution >= 4 is 41.4 Å². The number of amides is 4. The van der Waals surface area contributed by atoms with Crippen LogP contribution in [0.3, 0.4) is 0 Å². The molecule has 1 fully saturated rings. The van der Waals surface area contributed by atoms with Crippen molar-refractivity contribution in [3.05, 3.63) is 35.9 Å². The number of nitrogens with zero attached hydrogens (tertiary/aromatic N) is 1. The third kappa shape index (κ3) is 12.6. The normalized spacial score (nSPS) is 21.7. The molecule has 1 aromatic carbocycles. The van der Waals surface area contributed by atoms with Crippen LogP contribution in [-0.2, 0) is 44.8 Å². The van der Waals surface area contributed by atoms with Crippen molar-refractivity contribution in [3.8, 4) is 5.75 Å². The number of anilines is 1. The van der Waals surface area contributed by atoms with Crippen LogP contribution in [-0.4, -0.2) is 118 Å². The van der Waals surface area contributed by atoms with Gasteiger partial charge >= 0.3 is 18.0 Å². The molecule has 0 spiro atoms. The number of ether oxygens (including phenoxy) is 4. The zero-order valence-electron chi connectivity index (χ0n) is 28.9. The first-order chi connectivity index (χ1) is 24.1. The molecule has 5 atom stereocenters. The Labute approximate surface area is 294 Å². The van der Waals surface area contributed by atoms with E-state index < -0.39 is 60.2 Å². The van der Waals surface area contributed by atoms with Crippen molar-refractivity contribution in [1.29, 1.82) is 0 Å². The van der Waals surface area contributed by atoms with Gasteiger partial charge in [0.1, 0.15) is 37.3 Å². The number of carbonyl (C=O) groups is 6. The SMILES string of the molecule is CC(C)(C)C(=O)OCc1ccc(NC(=O)O[C@@H]2C[C@H](C(=O)O)[C@@H](O)[C@H](O)[C@H]2O)c(OCCOCCNC(=O)CCCCCN2C(=O)C=CC2=O)c1. The summed E-state index contributed by atoms with van der Waals surface area (Å²) in [4.78, 5) is 72.9. The molecule has 1 aliphatic heterocycles. The molecule has 2 aliphatic rings. The lowest BCUT2D eigenvalue weighted by molar-refractivity contribution is -0.177. The van der Waals surface area contributed by atoms with Crippen LogP contribution in [0.2, 0.25) is 0 Å². The highest BCUT2D eigenvalue weighted by Gasteiger charge is 2.47. The first-order valence-corrected chi connectivity index (χ1v) is 16.6. The maximum atomic E-state index is 12.8. The molecule has 1 saturated carbocycles. The predicted octanol–water partition coefficient (Wildman–Crippen LogP) is 0.877. The fraction of sp³-hybridized carbons (Fsp3) is 0.588. The highest BCUT2D eigenvalue weighted by atomic mass is 16.6. The molecule has 1 aliphatic carbocycles. The molecule has 4 amide bonds. The number of hydrogen-bond donors (Lipinski definition) is 6. The number of benzene rings is 1. The number of esters is 1. The van der Waals surface area contributed by atoms with E-state index in [1.54, 1.807) is 26.8 Å². The number of imide groups is 1. The van der Waals surface area contributed by atoms with Crippen molar-refractivity contribution in [1.82, 2.24) is 10.2 Å². The molecule has 17 nitrogen and oxygen atoms in total. The van der Waals surface area contributed by atoms with E-state index in [2.05, 4.69) is 10.6 Å². The second-order valence-electron chi connectivity index (χ2n) is 13.2. The molecular weight excluding hydrogens is 674 g/mol. The van der Waals surface area contributed by atoms with Crippen molar-refractivity contribution < 1.29 is 68.1 Å². The number of hydrogen-bond acceptors (Lipinski definition) is 13. The van der Waals surface area contributed by atoms with Gasteiger partial charge in [-0.05, 0) is 51.3 Å². The van der Waals surface area contributed by atoms with Crippen LogP contribution < -0.4 is 15.4 Å². The second-order valence-corrected chi connectivity index (χ2v) is 13.2. The van der Waals surface area contributed by atoms with Crippen LogP contribution in [0.25, 0.3) is 0 Å². The van der Waals surface area contributed by atoms with Crippen LogP contribution in [0.1, 0.15) is 58.4 Å². The van der Waals surface area contributed by atoms with E-state index in [4.69, 9.17) is 18.9 Å². The van der Waals surface area contributed by atoms with E-state index in [0.29, 0.717) is 31.4 Å². The lowest BCUT2D eigenvalue weighted by Crippen LogP contribution is -2.56. The molecule has 0 saturated heterocycles. The smallest absolute Gasteiger partial charge is 0.412 e. The molecule has 1 heterocycles. The first kappa shape index (κ1) is 40.8. The molecule has 51 heavy (non-hydrogen) atoms. The molecule has 0 aromatic heterocycles. The average Bonchev–Trinajstić information content (AvgIpc) is 3.39. The van der Waals surface area contributed by atoms with Crippen molar-refractivity contribution in [2.45, 2.75) is 83.9 Å². The minimum absolute atomic E-state index is 0.00611. The Kier molecular flexibility index (Phi) is 15.3. The van der Waals surface area contributed by atoms with Gasteiger partial charge < -0.3 is 44.7 Å². The van der Waals surface area contributed by atoms with Crippen molar-refractivity contribution in [2.75, 3.05) is 38.2 Å². The minimum atomic E-state index is -1.85. The summed E-state index contributed by atoms with van der Waals surface area (Å²) in [7, 11) is 0. The molecule has 282 valence electrons. The number of carbonyl (C=O) groups excluding carboxylic acids is 5. The van der Waals surface area contributed by atoms with Crippen LogP contribution in [0.4, 0.5) is 10.5 Å². The van der Waals surface area contributed by atoms with E-state index >= 15 is 0 Å². The Morgan fingerprint density at radius 1 is 0.922 bits per heavy atom.